The van der Waals surface area contributed by atoms with Crippen molar-refractivity contribution in [2.45, 2.75) is 31.3 Å². The zero-order valence-electron chi connectivity index (χ0n) is 17.8. The van der Waals surface area contributed by atoms with Gasteiger partial charge >= 0.3 is 0 Å². The first-order valence-electron chi connectivity index (χ1n) is 10.1. The summed E-state index contributed by atoms with van der Waals surface area (Å²) in [5.74, 6) is -0.554. The third kappa shape index (κ3) is 5.29. The number of non-ortho nitro benzene ring substituents is 1. The number of hydrogen-bond donors (Lipinski definition) is 1. The van der Waals surface area contributed by atoms with Crippen molar-refractivity contribution in [1.29, 1.82) is 0 Å². The van der Waals surface area contributed by atoms with Crippen molar-refractivity contribution in [2.24, 2.45) is 0 Å². The van der Waals surface area contributed by atoms with Gasteiger partial charge in [-0.1, -0.05) is 18.2 Å². The van der Waals surface area contributed by atoms with Crippen LogP contribution < -0.4 is 5.32 Å². The van der Waals surface area contributed by atoms with Crippen LogP contribution in [0.25, 0.3) is 0 Å². The first-order valence-corrected chi connectivity index (χ1v) is 11.5. The summed E-state index contributed by atoms with van der Waals surface area (Å²) in [6.45, 7) is 4.63. The Kier molecular flexibility index (Phi) is 7.22. The molecule has 1 N–H and O–H groups in total. The average molecular weight is 465 g/mol. The van der Waals surface area contributed by atoms with E-state index in [1.165, 1.54) is 28.6 Å². The van der Waals surface area contributed by atoms with E-state index in [0.717, 1.165) is 11.6 Å². The van der Waals surface area contributed by atoms with Gasteiger partial charge in [-0.05, 0) is 37.1 Å². The van der Waals surface area contributed by atoms with Crippen LogP contribution in [0, 0.1) is 22.9 Å². The topological polar surface area (TPSA) is 113 Å². The molecule has 1 atom stereocenters. The van der Waals surface area contributed by atoms with Gasteiger partial charge in [-0.2, -0.15) is 4.31 Å². The minimum absolute atomic E-state index is 0.0785. The maximum absolute atomic E-state index is 13.1. The van der Waals surface area contributed by atoms with Crippen LogP contribution in [0.1, 0.15) is 18.1 Å². The number of nitrogens with one attached hydrogen (secondary N) is 1. The number of aryl methyl sites for hydroxylation is 1. The van der Waals surface area contributed by atoms with E-state index in [4.69, 9.17) is 0 Å². The summed E-state index contributed by atoms with van der Waals surface area (Å²) in [7, 11) is -3.90. The van der Waals surface area contributed by atoms with Crippen LogP contribution in [0.5, 0.6) is 0 Å². The Morgan fingerprint density at radius 1 is 1.16 bits per heavy atom. The molecule has 1 saturated heterocycles. The Bertz CT molecular complexity index is 1100. The summed E-state index contributed by atoms with van der Waals surface area (Å²) in [6, 6.07) is 9.16. The standard InChI is InChI=1S/C21H25FN4O5S/c1-15-3-8-19(26(28)29)13-20(15)32(30,31)25-11-9-24(10-12-25)16(2)21(27)23-14-17-4-6-18(22)7-5-17/h3-8,13,16H,9-12,14H2,1-2H3,(H,23,27). The van der Waals surface area contributed by atoms with Gasteiger partial charge in [0.15, 0.2) is 0 Å². The Labute approximate surface area is 186 Å². The van der Waals surface area contributed by atoms with Gasteiger partial charge in [0, 0.05) is 44.9 Å². The average Bonchev–Trinajstić information content (AvgIpc) is 2.78. The van der Waals surface area contributed by atoms with E-state index in [-0.39, 0.29) is 41.9 Å². The Morgan fingerprint density at radius 2 is 1.78 bits per heavy atom. The number of sulfonamides is 1. The van der Waals surface area contributed by atoms with Crippen LogP contribution in [0.4, 0.5) is 10.1 Å². The van der Waals surface area contributed by atoms with Crippen molar-refractivity contribution in [3.05, 3.63) is 69.5 Å². The molecule has 1 fully saturated rings. The van der Waals surface area contributed by atoms with Gasteiger partial charge in [-0.25, -0.2) is 12.8 Å². The molecule has 0 saturated carbocycles. The highest BCUT2D eigenvalue weighted by atomic mass is 32.2. The lowest BCUT2D eigenvalue weighted by Gasteiger charge is -2.36. The monoisotopic (exact) mass is 464 g/mol. The first-order chi connectivity index (χ1) is 15.1. The van der Waals surface area contributed by atoms with E-state index in [0.29, 0.717) is 18.7 Å². The van der Waals surface area contributed by atoms with Crippen molar-refractivity contribution >= 4 is 21.6 Å². The molecule has 1 unspecified atom stereocenters. The molecular formula is C21H25FN4O5S. The van der Waals surface area contributed by atoms with Gasteiger partial charge in [-0.3, -0.25) is 19.8 Å². The van der Waals surface area contributed by atoms with Crippen LogP contribution in [0.2, 0.25) is 0 Å². The molecule has 2 aromatic carbocycles. The van der Waals surface area contributed by atoms with Crippen molar-refractivity contribution < 1.29 is 22.5 Å². The van der Waals surface area contributed by atoms with Crippen molar-refractivity contribution in [3.8, 4) is 0 Å². The molecule has 3 rings (SSSR count). The number of carbonyl (C=O) groups excluding carboxylic acids is 1. The second kappa shape index (κ2) is 9.72. The van der Waals surface area contributed by atoms with E-state index in [2.05, 4.69) is 5.32 Å². The maximum atomic E-state index is 13.1. The molecule has 0 bridgehead atoms. The summed E-state index contributed by atoms with van der Waals surface area (Å²) in [6.07, 6.45) is 0. The largest absolute Gasteiger partial charge is 0.351 e. The fourth-order valence-electron chi connectivity index (χ4n) is 3.56. The molecule has 9 nitrogen and oxygen atoms in total. The molecular weight excluding hydrogens is 439 g/mol. The van der Waals surface area contributed by atoms with Crippen LogP contribution in [-0.4, -0.2) is 60.7 Å². The molecule has 1 aliphatic heterocycles. The summed E-state index contributed by atoms with van der Waals surface area (Å²) < 4.78 is 40.4. The molecule has 2 aromatic rings. The molecule has 0 spiro atoms. The van der Waals surface area contributed by atoms with Gasteiger partial charge in [0.05, 0.1) is 15.9 Å². The molecule has 1 aliphatic rings. The van der Waals surface area contributed by atoms with Crippen molar-refractivity contribution in [2.75, 3.05) is 26.2 Å². The number of nitrogens with zero attached hydrogens (tertiary/aromatic N) is 3. The second-order valence-electron chi connectivity index (χ2n) is 7.67. The summed E-state index contributed by atoms with van der Waals surface area (Å²) in [4.78, 5) is 24.7. The molecule has 0 aliphatic carbocycles. The number of hydrogen-bond acceptors (Lipinski definition) is 6. The lowest BCUT2D eigenvalue weighted by atomic mass is 10.2. The summed E-state index contributed by atoms with van der Waals surface area (Å²) >= 11 is 0. The second-order valence-corrected chi connectivity index (χ2v) is 9.57. The molecule has 32 heavy (non-hydrogen) atoms. The Morgan fingerprint density at radius 3 is 2.38 bits per heavy atom. The third-order valence-corrected chi connectivity index (χ3v) is 7.62. The molecule has 0 aromatic heterocycles. The number of amides is 1. The van der Waals surface area contributed by atoms with E-state index in [1.54, 1.807) is 26.0 Å². The third-order valence-electron chi connectivity index (χ3n) is 5.58. The number of nitro benzene ring substituents is 1. The number of benzene rings is 2. The normalized spacial score (nSPS) is 16.5. The highest BCUT2D eigenvalue weighted by Crippen LogP contribution is 2.25. The van der Waals surface area contributed by atoms with Crippen molar-refractivity contribution in [1.82, 2.24) is 14.5 Å². The minimum Gasteiger partial charge on any atom is -0.351 e. The number of halogens is 1. The van der Waals surface area contributed by atoms with E-state index >= 15 is 0 Å². The molecule has 172 valence electrons. The smallest absolute Gasteiger partial charge is 0.270 e. The zero-order valence-corrected chi connectivity index (χ0v) is 18.6. The van der Waals surface area contributed by atoms with Gasteiger partial charge in [0.2, 0.25) is 15.9 Å². The van der Waals surface area contributed by atoms with Crippen LogP contribution >= 0.6 is 0 Å². The minimum atomic E-state index is -3.90. The molecule has 1 heterocycles. The number of carbonyl (C=O) groups is 1. The number of nitro groups is 1. The highest BCUT2D eigenvalue weighted by Gasteiger charge is 2.33. The van der Waals surface area contributed by atoms with Crippen molar-refractivity contribution in [3.63, 3.8) is 0 Å². The van der Waals surface area contributed by atoms with Gasteiger partial charge in [-0.15, -0.1) is 0 Å². The fraction of sp³-hybridized carbons (Fsp3) is 0.381. The highest BCUT2D eigenvalue weighted by molar-refractivity contribution is 7.89. The van der Waals surface area contributed by atoms with E-state index in [9.17, 15) is 27.7 Å². The number of rotatable bonds is 7. The number of piperazine rings is 1. The first kappa shape index (κ1) is 23.8. The maximum Gasteiger partial charge on any atom is 0.270 e. The fourth-order valence-corrected chi connectivity index (χ4v) is 5.22. The molecule has 0 radical (unpaired) electrons. The van der Waals surface area contributed by atoms with Crippen LogP contribution in [0.3, 0.4) is 0 Å². The van der Waals surface area contributed by atoms with Crippen LogP contribution in [0.15, 0.2) is 47.4 Å². The van der Waals surface area contributed by atoms with E-state index in [1.807, 2.05) is 4.90 Å². The SMILES string of the molecule is Cc1ccc([N+](=O)[O-])cc1S(=O)(=O)N1CCN(C(C)C(=O)NCc2ccc(F)cc2)CC1. The lowest BCUT2D eigenvalue weighted by Crippen LogP contribution is -2.54. The quantitative estimate of drug-likeness (QED) is 0.496. The summed E-state index contributed by atoms with van der Waals surface area (Å²) in [5.41, 5.74) is 0.931. The Balaban J connectivity index is 1.60. The lowest BCUT2D eigenvalue weighted by molar-refractivity contribution is -0.385. The zero-order chi connectivity index (χ0) is 23.5. The predicted octanol–water partition coefficient (Wildman–Crippen LogP) is 2.05. The van der Waals surface area contributed by atoms with Gasteiger partial charge in [0.1, 0.15) is 5.82 Å². The Hall–Kier alpha value is -2.89. The molecule has 11 heteroatoms. The van der Waals surface area contributed by atoms with Gasteiger partial charge in [0.25, 0.3) is 5.69 Å². The predicted molar refractivity (Wildman–Crippen MR) is 116 cm³/mol. The van der Waals surface area contributed by atoms with Crippen LogP contribution in [-0.2, 0) is 21.4 Å². The van der Waals surface area contributed by atoms with E-state index < -0.39 is 21.0 Å². The molecule has 1 amide bonds. The summed E-state index contributed by atoms with van der Waals surface area (Å²) in [5, 5.41) is 13.9. The van der Waals surface area contributed by atoms with Gasteiger partial charge < -0.3 is 5.32 Å².